The highest BCUT2D eigenvalue weighted by Crippen LogP contribution is 2.25. The fraction of sp³-hybridized carbons (Fsp3) is 0.400. The van der Waals surface area contributed by atoms with Gasteiger partial charge in [-0.25, -0.2) is 4.79 Å². The van der Waals surface area contributed by atoms with Crippen molar-refractivity contribution in [3.8, 4) is 0 Å². The van der Waals surface area contributed by atoms with Crippen molar-refractivity contribution in [1.82, 2.24) is 4.90 Å². The lowest BCUT2D eigenvalue weighted by Crippen LogP contribution is -2.43. The van der Waals surface area contributed by atoms with E-state index in [-0.39, 0.29) is 35.5 Å². The molecule has 1 aliphatic heterocycles. The molecular formula is C15H17N3O5S. The summed E-state index contributed by atoms with van der Waals surface area (Å²) in [7, 11) is 0. The number of nitro groups is 1. The summed E-state index contributed by atoms with van der Waals surface area (Å²) in [6.07, 6.45) is -0.216. The van der Waals surface area contributed by atoms with Crippen molar-refractivity contribution in [3.05, 3.63) is 39.9 Å². The second kappa shape index (κ2) is 7.35. The summed E-state index contributed by atoms with van der Waals surface area (Å²) in [6, 6.07) is 5.20. The largest absolute Gasteiger partial charge is 0.445 e. The van der Waals surface area contributed by atoms with Crippen LogP contribution in [0.5, 0.6) is 0 Å². The number of likely N-dealkylation sites (tertiary alicyclic amines) is 1. The van der Waals surface area contributed by atoms with E-state index in [4.69, 9.17) is 22.7 Å². The van der Waals surface area contributed by atoms with Crippen LogP contribution < -0.4 is 5.73 Å². The molecule has 2 N–H and O–H groups in total. The van der Waals surface area contributed by atoms with Crippen LogP contribution in [0, 0.1) is 16.0 Å². The van der Waals surface area contributed by atoms with Gasteiger partial charge in [0.1, 0.15) is 12.4 Å². The number of nitro benzene ring substituents is 1. The normalized spacial score (nSPS) is 19.8. The van der Waals surface area contributed by atoms with E-state index in [2.05, 4.69) is 0 Å². The second-order valence-electron chi connectivity index (χ2n) is 5.59. The third-order valence-corrected chi connectivity index (χ3v) is 4.22. The van der Waals surface area contributed by atoms with E-state index in [1.165, 1.54) is 36.1 Å². The molecule has 0 bridgehead atoms. The van der Waals surface area contributed by atoms with Crippen LogP contribution in [0.2, 0.25) is 0 Å². The summed E-state index contributed by atoms with van der Waals surface area (Å²) in [5.41, 5.74) is 6.22. The van der Waals surface area contributed by atoms with Gasteiger partial charge in [-0.05, 0) is 31.0 Å². The number of amides is 1. The van der Waals surface area contributed by atoms with Crippen molar-refractivity contribution in [3.63, 3.8) is 0 Å². The number of rotatable bonds is 5. The first-order valence-electron chi connectivity index (χ1n) is 7.26. The van der Waals surface area contributed by atoms with Crippen molar-refractivity contribution >= 4 is 34.8 Å². The first-order chi connectivity index (χ1) is 11.3. The molecule has 1 heterocycles. The average Bonchev–Trinajstić information content (AvgIpc) is 2.99. The Bertz CT molecular complexity index is 676. The minimum Gasteiger partial charge on any atom is -0.445 e. The van der Waals surface area contributed by atoms with E-state index < -0.39 is 17.1 Å². The maximum Gasteiger partial charge on any atom is 0.410 e. The molecule has 1 fully saturated rings. The van der Waals surface area contributed by atoms with E-state index in [1.807, 2.05) is 0 Å². The highest BCUT2D eigenvalue weighted by molar-refractivity contribution is 7.80. The number of non-ortho nitro benzene ring substituents is 1. The monoisotopic (exact) mass is 351 g/mol. The minimum atomic E-state index is -0.616. The van der Waals surface area contributed by atoms with E-state index in [9.17, 15) is 19.7 Å². The van der Waals surface area contributed by atoms with Crippen LogP contribution in [0.3, 0.4) is 0 Å². The molecule has 1 aromatic rings. The second-order valence-corrected chi connectivity index (χ2v) is 6.06. The Hall–Kier alpha value is -2.55. The lowest BCUT2D eigenvalue weighted by atomic mass is 10.0. The average molecular weight is 351 g/mol. The fourth-order valence-electron chi connectivity index (χ4n) is 2.54. The number of carbonyl (C=O) groups is 2. The quantitative estimate of drug-likeness (QED) is 0.488. The topological polar surface area (TPSA) is 116 Å². The molecule has 128 valence electrons. The highest BCUT2D eigenvalue weighted by Gasteiger charge is 2.39. The first kappa shape index (κ1) is 17.8. The molecule has 0 aliphatic carbocycles. The van der Waals surface area contributed by atoms with Crippen LogP contribution in [-0.2, 0) is 16.1 Å². The number of Topliss-reactive ketones (excluding diaryl/α,β-unsaturated/α-hetero) is 1. The van der Waals surface area contributed by atoms with Gasteiger partial charge in [0.05, 0.1) is 16.0 Å². The zero-order valence-electron chi connectivity index (χ0n) is 13.0. The van der Waals surface area contributed by atoms with Gasteiger partial charge < -0.3 is 10.5 Å². The molecule has 9 heteroatoms. The molecule has 24 heavy (non-hydrogen) atoms. The molecule has 2 atom stereocenters. The summed E-state index contributed by atoms with van der Waals surface area (Å²) in [5.74, 6) is -0.328. The number of thiocarbonyl (C=S) groups is 1. The third kappa shape index (κ3) is 4.05. The Kier molecular flexibility index (Phi) is 5.45. The predicted octanol–water partition coefficient (Wildman–Crippen LogP) is 1.80. The van der Waals surface area contributed by atoms with E-state index in [0.717, 1.165) is 0 Å². The zero-order valence-corrected chi connectivity index (χ0v) is 13.8. The molecule has 0 radical (unpaired) electrons. The van der Waals surface area contributed by atoms with Crippen molar-refractivity contribution in [2.45, 2.75) is 26.0 Å². The van der Waals surface area contributed by atoms with Crippen molar-refractivity contribution < 1.29 is 19.2 Å². The van der Waals surface area contributed by atoms with Crippen LogP contribution in [0.4, 0.5) is 10.5 Å². The number of hydrogen-bond donors (Lipinski definition) is 1. The van der Waals surface area contributed by atoms with Crippen LogP contribution in [0.1, 0.15) is 18.9 Å². The Morgan fingerprint density at radius 1 is 1.42 bits per heavy atom. The van der Waals surface area contributed by atoms with Gasteiger partial charge in [0.2, 0.25) is 0 Å². The first-order valence-corrected chi connectivity index (χ1v) is 7.67. The number of nitrogens with zero attached hydrogens (tertiary/aromatic N) is 2. The molecule has 0 spiro atoms. The Balaban J connectivity index is 1.99. The number of ether oxygens (including phenoxy) is 1. The van der Waals surface area contributed by atoms with Gasteiger partial charge in [0.25, 0.3) is 5.69 Å². The maximum atomic E-state index is 12.2. The van der Waals surface area contributed by atoms with Gasteiger partial charge in [-0.3, -0.25) is 19.8 Å². The highest BCUT2D eigenvalue weighted by atomic mass is 32.1. The van der Waals surface area contributed by atoms with Crippen LogP contribution in [0.15, 0.2) is 24.3 Å². The molecule has 2 rings (SSSR count). The molecule has 0 aromatic heterocycles. The number of carbonyl (C=O) groups excluding carboxylic acids is 2. The molecule has 1 aliphatic rings. The van der Waals surface area contributed by atoms with E-state index in [1.54, 1.807) is 0 Å². The van der Waals surface area contributed by atoms with Gasteiger partial charge in [-0.2, -0.15) is 0 Å². The number of hydrogen-bond acceptors (Lipinski definition) is 6. The third-order valence-electron chi connectivity index (χ3n) is 3.95. The maximum absolute atomic E-state index is 12.2. The van der Waals surface area contributed by atoms with Crippen molar-refractivity contribution in [1.29, 1.82) is 0 Å². The molecule has 1 saturated heterocycles. The fourth-order valence-corrected chi connectivity index (χ4v) is 2.77. The van der Waals surface area contributed by atoms with E-state index >= 15 is 0 Å². The summed E-state index contributed by atoms with van der Waals surface area (Å²) in [6.45, 7) is 1.64. The van der Waals surface area contributed by atoms with Gasteiger partial charge in [0, 0.05) is 24.6 Å². The summed E-state index contributed by atoms with van der Waals surface area (Å²) >= 11 is 4.96. The smallest absolute Gasteiger partial charge is 0.410 e. The SMILES string of the molecule is CC(=O)[C@H]1C[C@@H](C(N)=S)N(C(=O)OCc2ccc([N+](=O)[O-])cc2)C1. The summed E-state index contributed by atoms with van der Waals surface area (Å²) in [5, 5.41) is 10.6. The number of benzene rings is 1. The predicted molar refractivity (Wildman–Crippen MR) is 89.3 cm³/mol. The molecule has 0 saturated carbocycles. The Labute approximate surface area is 143 Å². The lowest BCUT2D eigenvalue weighted by molar-refractivity contribution is -0.384. The van der Waals surface area contributed by atoms with Gasteiger partial charge in [-0.1, -0.05) is 12.2 Å². The van der Waals surface area contributed by atoms with Gasteiger partial charge in [0.15, 0.2) is 0 Å². The molecule has 1 amide bonds. The van der Waals surface area contributed by atoms with E-state index in [0.29, 0.717) is 12.0 Å². The van der Waals surface area contributed by atoms with Crippen LogP contribution in [-0.4, -0.2) is 39.3 Å². The summed E-state index contributed by atoms with van der Waals surface area (Å²) < 4.78 is 5.21. The minimum absolute atomic E-state index is 0.0260. The standard InChI is InChI=1S/C15H17N3O5S/c1-9(19)11-6-13(14(16)24)17(7-11)15(20)23-8-10-2-4-12(5-3-10)18(21)22/h2-5,11,13H,6-8H2,1H3,(H2,16,24)/t11-,13-/m0/s1. The number of ketones is 1. The van der Waals surface area contributed by atoms with Crippen molar-refractivity contribution in [2.24, 2.45) is 11.7 Å². The molecule has 8 nitrogen and oxygen atoms in total. The van der Waals surface area contributed by atoms with Crippen molar-refractivity contribution in [2.75, 3.05) is 6.54 Å². The Morgan fingerprint density at radius 3 is 2.54 bits per heavy atom. The number of nitrogens with two attached hydrogens (primary N) is 1. The van der Waals surface area contributed by atoms with Crippen LogP contribution >= 0.6 is 12.2 Å². The molecular weight excluding hydrogens is 334 g/mol. The lowest BCUT2D eigenvalue weighted by Gasteiger charge is -2.22. The van der Waals surface area contributed by atoms with Gasteiger partial charge in [-0.15, -0.1) is 0 Å². The Morgan fingerprint density at radius 2 is 2.04 bits per heavy atom. The summed E-state index contributed by atoms with van der Waals surface area (Å²) in [4.78, 5) is 35.4. The van der Waals surface area contributed by atoms with Crippen LogP contribution in [0.25, 0.3) is 0 Å². The zero-order chi connectivity index (χ0) is 17.9. The molecule has 0 unspecified atom stereocenters. The molecule has 1 aromatic carbocycles. The van der Waals surface area contributed by atoms with Gasteiger partial charge >= 0.3 is 6.09 Å².